The van der Waals surface area contributed by atoms with Gasteiger partial charge in [0.2, 0.25) is 5.91 Å². The van der Waals surface area contributed by atoms with Crippen LogP contribution in [-0.4, -0.2) is 23.3 Å². The van der Waals surface area contributed by atoms with Crippen LogP contribution in [0.3, 0.4) is 0 Å². The first-order chi connectivity index (χ1) is 13.2. The lowest BCUT2D eigenvalue weighted by Gasteiger charge is -2.09. The van der Waals surface area contributed by atoms with Crippen LogP contribution < -0.4 is 14.8 Å². The second-order valence-corrected chi connectivity index (χ2v) is 6.53. The number of hydrogen-bond acceptors (Lipinski definition) is 5. The van der Waals surface area contributed by atoms with Gasteiger partial charge in [-0.25, -0.2) is 4.98 Å². The predicted octanol–water partition coefficient (Wildman–Crippen LogP) is 5.00. The molecular weight excluding hydrogens is 360 g/mol. The zero-order chi connectivity index (χ0) is 18.9. The normalized spacial score (nSPS) is 10.3. The monoisotopic (exact) mass is 380 g/mol. The summed E-state index contributed by atoms with van der Waals surface area (Å²) in [6, 6.07) is 20.3. The quantitative estimate of drug-likeness (QED) is 0.557. The number of benzene rings is 2. The Kier molecular flexibility index (Phi) is 6.71. The fourth-order valence-electron chi connectivity index (χ4n) is 2.28. The van der Waals surface area contributed by atoms with Crippen molar-refractivity contribution in [1.82, 2.24) is 4.98 Å². The summed E-state index contributed by atoms with van der Waals surface area (Å²) in [5, 5.41) is 3.69. The molecule has 0 saturated heterocycles. The fourth-order valence-corrected chi connectivity index (χ4v) is 2.94. The molecule has 1 aromatic heterocycles. The maximum atomic E-state index is 12.0. The molecule has 3 rings (SSSR count). The van der Waals surface area contributed by atoms with Gasteiger partial charge in [0, 0.05) is 11.9 Å². The summed E-state index contributed by atoms with van der Waals surface area (Å²) in [6.45, 7) is 2.58. The summed E-state index contributed by atoms with van der Waals surface area (Å²) >= 11 is 1.40. The lowest BCUT2D eigenvalue weighted by atomic mass is 10.3. The van der Waals surface area contributed by atoms with Crippen molar-refractivity contribution in [3.63, 3.8) is 0 Å². The molecule has 1 heterocycles. The van der Waals surface area contributed by atoms with E-state index in [1.54, 1.807) is 6.20 Å². The van der Waals surface area contributed by atoms with Crippen molar-refractivity contribution in [2.45, 2.75) is 11.9 Å². The Morgan fingerprint density at radius 1 is 0.963 bits per heavy atom. The Morgan fingerprint density at radius 2 is 1.63 bits per heavy atom. The third-order valence-electron chi connectivity index (χ3n) is 3.50. The summed E-state index contributed by atoms with van der Waals surface area (Å²) in [5.74, 6) is 2.46. The van der Waals surface area contributed by atoms with Gasteiger partial charge in [0.1, 0.15) is 17.2 Å². The van der Waals surface area contributed by atoms with E-state index in [1.807, 2.05) is 73.7 Å². The minimum Gasteiger partial charge on any atom is -0.494 e. The van der Waals surface area contributed by atoms with Crippen LogP contribution in [-0.2, 0) is 4.79 Å². The van der Waals surface area contributed by atoms with Crippen molar-refractivity contribution in [1.29, 1.82) is 0 Å². The van der Waals surface area contributed by atoms with Crippen LogP contribution in [0.1, 0.15) is 6.92 Å². The highest BCUT2D eigenvalue weighted by Gasteiger charge is 2.05. The third kappa shape index (κ3) is 6.04. The van der Waals surface area contributed by atoms with Crippen molar-refractivity contribution >= 4 is 23.4 Å². The second-order valence-electron chi connectivity index (χ2n) is 5.54. The molecule has 1 amide bonds. The van der Waals surface area contributed by atoms with Crippen LogP contribution in [0.2, 0.25) is 0 Å². The van der Waals surface area contributed by atoms with Crippen LogP contribution in [0.25, 0.3) is 0 Å². The number of pyridine rings is 1. The van der Waals surface area contributed by atoms with Gasteiger partial charge in [-0.05, 0) is 67.6 Å². The van der Waals surface area contributed by atoms with Gasteiger partial charge in [-0.15, -0.1) is 0 Å². The molecule has 6 heteroatoms. The number of aromatic nitrogens is 1. The molecule has 3 aromatic rings. The van der Waals surface area contributed by atoms with Gasteiger partial charge in [0.05, 0.1) is 17.4 Å². The molecule has 0 fully saturated rings. The number of ether oxygens (including phenoxy) is 2. The number of rotatable bonds is 8. The molecule has 1 N–H and O–H groups in total. The van der Waals surface area contributed by atoms with Crippen LogP contribution in [0.4, 0.5) is 5.69 Å². The minimum absolute atomic E-state index is 0.0779. The first-order valence-corrected chi connectivity index (χ1v) is 9.56. The fraction of sp³-hybridized carbons (Fsp3) is 0.143. The van der Waals surface area contributed by atoms with Crippen LogP contribution in [0, 0.1) is 0 Å². The Bertz CT molecular complexity index is 853. The second kappa shape index (κ2) is 9.64. The molecule has 2 aromatic carbocycles. The van der Waals surface area contributed by atoms with Crippen LogP contribution in [0.5, 0.6) is 17.2 Å². The number of hydrogen-bond donors (Lipinski definition) is 1. The van der Waals surface area contributed by atoms with Crippen molar-refractivity contribution < 1.29 is 14.3 Å². The maximum absolute atomic E-state index is 12.0. The highest BCUT2D eigenvalue weighted by atomic mass is 32.2. The van der Waals surface area contributed by atoms with Gasteiger partial charge in [-0.3, -0.25) is 4.79 Å². The van der Waals surface area contributed by atoms with E-state index in [9.17, 15) is 4.79 Å². The maximum Gasteiger partial charge on any atom is 0.234 e. The van der Waals surface area contributed by atoms with E-state index in [0.29, 0.717) is 18.1 Å². The zero-order valence-electron chi connectivity index (χ0n) is 14.9. The molecule has 138 valence electrons. The van der Waals surface area contributed by atoms with E-state index in [1.165, 1.54) is 11.8 Å². The van der Waals surface area contributed by atoms with Gasteiger partial charge < -0.3 is 14.8 Å². The SMILES string of the molecule is CCOc1ccc(Oc2ccc(NC(=O)CSc3ccccn3)cc2)cc1. The molecule has 0 saturated carbocycles. The average molecular weight is 380 g/mol. The Labute approximate surface area is 162 Å². The summed E-state index contributed by atoms with van der Waals surface area (Å²) in [6.07, 6.45) is 1.71. The van der Waals surface area contributed by atoms with E-state index in [-0.39, 0.29) is 5.91 Å². The molecule has 5 nitrogen and oxygen atoms in total. The molecule has 27 heavy (non-hydrogen) atoms. The van der Waals surface area contributed by atoms with Crippen molar-refractivity contribution in [2.24, 2.45) is 0 Å². The molecule has 0 aliphatic rings. The minimum atomic E-state index is -0.0779. The van der Waals surface area contributed by atoms with Gasteiger partial charge in [0.15, 0.2) is 0 Å². The van der Waals surface area contributed by atoms with E-state index in [4.69, 9.17) is 9.47 Å². The van der Waals surface area contributed by atoms with E-state index in [2.05, 4.69) is 10.3 Å². The van der Waals surface area contributed by atoms with Gasteiger partial charge in [0.25, 0.3) is 0 Å². The molecule has 0 radical (unpaired) electrons. The van der Waals surface area contributed by atoms with Gasteiger partial charge >= 0.3 is 0 Å². The standard InChI is InChI=1S/C21H20N2O3S/c1-2-25-17-10-12-19(13-11-17)26-18-8-6-16(7-9-18)23-20(24)15-27-21-5-3-4-14-22-21/h3-14H,2,15H2,1H3,(H,23,24). The van der Waals surface area contributed by atoms with Gasteiger partial charge in [-0.2, -0.15) is 0 Å². The molecule has 0 aliphatic heterocycles. The Hall–Kier alpha value is -2.99. The molecular formula is C21H20N2O3S. The van der Waals surface area contributed by atoms with Crippen molar-refractivity contribution in [3.8, 4) is 17.2 Å². The average Bonchev–Trinajstić information content (AvgIpc) is 2.70. The summed E-state index contributed by atoms with van der Waals surface area (Å²) in [4.78, 5) is 16.2. The summed E-state index contributed by atoms with van der Waals surface area (Å²) < 4.78 is 11.2. The first-order valence-electron chi connectivity index (χ1n) is 8.57. The topological polar surface area (TPSA) is 60.5 Å². The molecule has 0 bridgehead atoms. The lowest BCUT2D eigenvalue weighted by molar-refractivity contribution is -0.113. The van der Waals surface area contributed by atoms with Gasteiger partial charge in [-0.1, -0.05) is 17.8 Å². The van der Waals surface area contributed by atoms with E-state index in [0.717, 1.165) is 22.2 Å². The summed E-state index contributed by atoms with van der Waals surface area (Å²) in [7, 11) is 0. The molecule has 0 atom stereocenters. The van der Waals surface area contributed by atoms with Crippen molar-refractivity contribution in [2.75, 3.05) is 17.7 Å². The number of nitrogens with one attached hydrogen (secondary N) is 1. The smallest absolute Gasteiger partial charge is 0.234 e. The number of thioether (sulfide) groups is 1. The number of amides is 1. The third-order valence-corrected chi connectivity index (χ3v) is 4.44. The van der Waals surface area contributed by atoms with Crippen molar-refractivity contribution in [3.05, 3.63) is 72.9 Å². The Balaban J connectivity index is 1.50. The molecule has 0 aliphatic carbocycles. The summed E-state index contributed by atoms with van der Waals surface area (Å²) in [5.41, 5.74) is 0.723. The highest BCUT2D eigenvalue weighted by molar-refractivity contribution is 7.99. The molecule has 0 spiro atoms. The van der Waals surface area contributed by atoms with Crippen LogP contribution in [0.15, 0.2) is 78.0 Å². The zero-order valence-corrected chi connectivity index (χ0v) is 15.7. The van der Waals surface area contributed by atoms with Crippen LogP contribution >= 0.6 is 11.8 Å². The first kappa shape index (κ1) is 18.8. The molecule has 0 unspecified atom stereocenters. The largest absolute Gasteiger partial charge is 0.494 e. The predicted molar refractivity (Wildman–Crippen MR) is 108 cm³/mol. The highest BCUT2D eigenvalue weighted by Crippen LogP contribution is 2.25. The Morgan fingerprint density at radius 3 is 2.26 bits per heavy atom. The number of carbonyl (C=O) groups is 1. The number of carbonyl (C=O) groups excluding carboxylic acids is 1. The van der Waals surface area contributed by atoms with E-state index < -0.39 is 0 Å². The number of nitrogens with zero attached hydrogens (tertiary/aromatic N) is 1. The van der Waals surface area contributed by atoms with E-state index >= 15 is 0 Å². The number of anilines is 1. The lowest BCUT2D eigenvalue weighted by Crippen LogP contribution is -2.13.